The fraction of sp³-hybridized carbons (Fsp3) is 0.333. The summed E-state index contributed by atoms with van der Waals surface area (Å²) in [5.74, 6) is -0.848. The highest BCUT2D eigenvalue weighted by Crippen LogP contribution is 2.27. The van der Waals surface area contributed by atoms with Gasteiger partial charge in [0.25, 0.3) is 0 Å². The fourth-order valence-electron chi connectivity index (χ4n) is 1.98. The number of nitriles is 1. The maximum absolute atomic E-state index is 10.9. The van der Waals surface area contributed by atoms with Gasteiger partial charge in [0.2, 0.25) is 0 Å². The van der Waals surface area contributed by atoms with Crippen molar-refractivity contribution in [2.45, 2.75) is 12.0 Å². The van der Waals surface area contributed by atoms with Crippen LogP contribution in [0.15, 0.2) is 22.7 Å². The topological polar surface area (TPSA) is 85.2 Å². The number of nitrogens with zero attached hydrogens (tertiary/aromatic N) is 1. The molecule has 0 aromatic heterocycles. The van der Waals surface area contributed by atoms with Crippen LogP contribution in [0.5, 0.6) is 0 Å². The van der Waals surface area contributed by atoms with Crippen LogP contribution in [0, 0.1) is 11.3 Å². The van der Waals surface area contributed by atoms with Crippen molar-refractivity contribution in [2.75, 3.05) is 18.4 Å². The molecule has 2 rings (SSSR count). The molecule has 1 saturated heterocycles. The Morgan fingerprint density at radius 1 is 1.61 bits per heavy atom. The monoisotopic (exact) mass is 309 g/mol. The van der Waals surface area contributed by atoms with E-state index in [1.165, 1.54) is 0 Å². The largest absolute Gasteiger partial charge is 0.481 e. The summed E-state index contributed by atoms with van der Waals surface area (Å²) in [5.41, 5.74) is 0.676. The minimum absolute atomic E-state index is 0.0287. The van der Waals surface area contributed by atoms with E-state index < -0.39 is 11.5 Å². The number of hydrogen-bond acceptors (Lipinski definition) is 4. The van der Waals surface area contributed by atoms with Gasteiger partial charge >= 0.3 is 5.97 Å². The summed E-state index contributed by atoms with van der Waals surface area (Å²) < 4.78 is 0.823. The number of carboxylic acid groups (broad SMARTS) is 1. The highest BCUT2D eigenvalue weighted by molar-refractivity contribution is 9.10. The molecule has 0 atom stereocenters. The van der Waals surface area contributed by atoms with Crippen LogP contribution in [0.2, 0.25) is 0 Å². The van der Waals surface area contributed by atoms with Crippen molar-refractivity contribution in [1.29, 1.82) is 5.26 Å². The van der Waals surface area contributed by atoms with Crippen molar-refractivity contribution in [3.8, 4) is 6.07 Å². The number of anilines is 1. The molecule has 94 valence electrons. The number of rotatable bonds is 4. The molecule has 0 saturated carbocycles. The maximum atomic E-state index is 10.9. The number of carbonyl (C=O) groups is 1. The van der Waals surface area contributed by atoms with Gasteiger partial charge in [0.15, 0.2) is 0 Å². The van der Waals surface area contributed by atoms with E-state index in [9.17, 15) is 4.79 Å². The van der Waals surface area contributed by atoms with Gasteiger partial charge in [-0.25, -0.2) is 0 Å². The van der Waals surface area contributed by atoms with Crippen LogP contribution in [0.4, 0.5) is 5.69 Å². The predicted molar refractivity (Wildman–Crippen MR) is 70.3 cm³/mol. The highest BCUT2D eigenvalue weighted by Gasteiger charge is 2.39. The highest BCUT2D eigenvalue weighted by atomic mass is 79.9. The molecule has 0 unspecified atom stereocenters. The molecule has 1 aromatic carbocycles. The Morgan fingerprint density at radius 2 is 2.33 bits per heavy atom. The first-order valence-electron chi connectivity index (χ1n) is 5.45. The molecular weight excluding hydrogens is 298 g/mol. The summed E-state index contributed by atoms with van der Waals surface area (Å²) in [5, 5.41) is 24.2. The van der Waals surface area contributed by atoms with Crippen molar-refractivity contribution in [1.82, 2.24) is 5.32 Å². The Morgan fingerprint density at radius 3 is 2.83 bits per heavy atom. The first kappa shape index (κ1) is 12.9. The van der Waals surface area contributed by atoms with Crippen molar-refractivity contribution in [2.24, 2.45) is 0 Å². The van der Waals surface area contributed by atoms with Crippen LogP contribution < -0.4 is 10.6 Å². The third-order valence-electron chi connectivity index (χ3n) is 2.92. The average molecular weight is 310 g/mol. The molecule has 5 nitrogen and oxygen atoms in total. The maximum Gasteiger partial charge on any atom is 0.305 e. The Kier molecular flexibility index (Phi) is 3.55. The Bertz CT molecular complexity index is 521. The van der Waals surface area contributed by atoms with E-state index in [4.69, 9.17) is 10.4 Å². The van der Waals surface area contributed by atoms with Gasteiger partial charge in [0.1, 0.15) is 6.07 Å². The van der Waals surface area contributed by atoms with Gasteiger partial charge in [0.05, 0.1) is 23.2 Å². The van der Waals surface area contributed by atoms with E-state index in [0.29, 0.717) is 24.3 Å². The van der Waals surface area contributed by atoms with Crippen LogP contribution >= 0.6 is 15.9 Å². The van der Waals surface area contributed by atoms with Gasteiger partial charge in [-0.05, 0) is 18.2 Å². The number of nitrogens with one attached hydrogen (secondary N) is 2. The lowest BCUT2D eigenvalue weighted by molar-refractivity contribution is -0.138. The zero-order valence-electron chi connectivity index (χ0n) is 9.53. The SMILES string of the molecule is N#Cc1cc(Br)ccc1NC1(CC(=O)O)CNC1. The van der Waals surface area contributed by atoms with Crippen LogP contribution in [-0.2, 0) is 4.79 Å². The van der Waals surface area contributed by atoms with Crippen LogP contribution in [0.25, 0.3) is 0 Å². The Labute approximate surface area is 113 Å². The summed E-state index contributed by atoms with van der Waals surface area (Å²) in [6, 6.07) is 7.42. The van der Waals surface area contributed by atoms with E-state index in [0.717, 1.165) is 4.47 Å². The molecule has 1 aliphatic heterocycles. The minimum atomic E-state index is -0.848. The Hall–Kier alpha value is -1.58. The molecule has 0 bridgehead atoms. The summed E-state index contributed by atoms with van der Waals surface area (Å²) >= 11 is 3.30. The third-order valence-corrected chi connectivity index (χ3v) is 3.41. The summed E-state index contributed by atoms with van der Waals surface area (Å²) in [6.45, 7) is 1.17. The number of carboxylic acids is 1. The van der Waals surface area contributed by atoms with E-state index in [2.05, 4.69) is 32.6 Å². The first-order chi connectivity index (χ1) is 8.54. The molecule has 0 aliphatic carbocycles. The third kappa shape index (κ3) is 2.63. The normalized spacial score (nSPS) is 16.4. The molecule has 1 heterocycles. The van der Waals surface area contributed by atoms with Gasteiger partial charge in [-0.2, -0.15) is 5.26 Å². The van der Waals surface area contributed by atoms with Gasteiger partial charge in [-0.15, -0.1) is 0 Å². The van der Waals surface area contributed by atoms with E-state index in [-0.39, 0.29) is 6.42 Å². The van der Waals surface area contributed by atoms with E-state index >= 15 is 0 Å². The zero-order valence-corrected chi connectivity index (χ0v) is 11.1. The molecule has 1 fully saturated rings. The molecule has 1 aliphatic rings. The number of benzene rings is 1. The van der Waals surface area contributed by atoms with Crippen molar-refractivity contribution in [3.05, 3.63) is 28.2 Å². The molecule has 3 N–H and O–H groups in total. The first-order valence-corrected chi connectivity index (χ1v) is 6.24. The molecule has 0 radical (unpaired) electrons. The second-order valence-electron chi connectivity index (χ2n) is 4.38. The number of halogens is 1. The molecule has 0 amide bonds. The lowest BCUT2D eigenvalue weighted by Crippen LogP contribution is -2.65. The van der Waals surface area contributed by atoms with Gasteiger partial charge in [0, 0.05) is 17.6 Å². The second kappa shape index (κ2) is 4.96. The Balaban J connectivity index is 2.23. The van der Waals surface area contributed by atoms with Gasteiger partial charge in [-0.1, -0.05) is 15.9 Å². The molecule has 6 heteroatoms. The van der Waals surface area contributed by atoms with Crippen LogP contribution in [-0.4, -0.2) is 29.7 Å². The fourth-order valence-corrected chi connectivity index (χ4v) is 2.34. The average Bonchev–Trinajstić information content (AvgIpc) is 2.27. The predicted octanol–water partition coefficient (Wildman–Crippen LogP) is 1.55. The minimum Gasteiger partial charge on any atom is -0.481 e. The standard InChI is InChI=1S/C12H12BrN3O2/c13-9-1-2-10(8(3-9)5-14)16-12(4-11(17)18)6-15-7-12/h1-3,15-16H,4,6-7H2,(H,17,18). The lowest BCUT2D eigenvalue weighted by Gasteiger charge is -2.43. The molecule has 18 heavy (non-hydrogen) atoms. The smallest absolute Gasteiger partial charge is 0.305 e. The molecule has 0 spiro atoms. The van der Waals surface area contributed by atoms with Crippen LogP contribution in [0.3, 0.4) is 0 Å². The summed E-state index contributed by atoms with van der Waals surface area (Å²) in [6.07, 6.45) is 0.0287. The van der Waals surface area contributed by atoms with Crippen molar-refractivity contribution in [3.63, 3.8) is 0 Å². The van der Waals surface area contributed by atoms with Crippen LogP contribution in [0.1, 0.15) is 12.0 Å². The van der Waals surface area contributed by atoms with Gasteiger partial charge < -0.3 is 15.7 Å². The quantitative estimate of drug-likeness (QED) is 0.786. The molecule has 1 aromatic rings. The number of hydrogen-bond donors (Lipinski definition) is 3. The van der Waals surface area contributed by atoms with Crippen molar-refractivity contribution >= 4 is 27.6 Å². The number of aliphatic carboxylic acids is 1. The van der Waals surface area contributed by atoms with Gasteiger partial charge in [-0.3, -0.25) is 4.79 Å². The van der Waals surface area contributed by atoms with Crippen molar-refractivity contribution < 1.29 is 9.90 Å². The van der Waals surface area contributed by atoms with E-state index in [1.807, 2.05) is 6.07 Å². The molecular formula is C12H12BrN3O2. The summed E-state index contributed by atoms with van der Waals surface area (Å²) in [7, 11) is 0. The second-order valence-corrected chi connectivity index (χ2v) is 5.30. The van der Waals surface area contributed by atoms with E-state index in [1.54, 1.807) is 12.1 Å². The summed E-state index contributed by atoms with van der Waals surface area (Å²) in [4.78, 5) is 10.9. The lowest BCUT2D eigenvalue weighted by atomic mass is 9.88. The zero-order chi connectivity index (χ0) is 13.2.